The lowest BCUT2D eigenvalue weighted by molar-refractivity contribution is -0.124. The summed E-state index contributed by atoms with van der Waals surface area (Å²) in [7, 11) is 0. The smallest absolute Gasteiger partial charge is 0.326 e. The van der Waals surface area contributed by atoms with Crippen LogP contribution in [0, 0.1) is 11.6 Å². The molecule has 0 radical (unpaired) electrons. The second-order valence-corrected chi connectivity index (χ2v) is 8.26. The van der Waals surface area contributed by atoms with E-state index in [-0.39, 0.29) is 12.1 Å². The monoisotopic (exact) mass is 453 g/mol. The Balaban J connectivity index is 1.53. The van der Waals surface area contributed by atoms with Crippen LogP contribution >= 0.6 is 0 Å². The number of hydrogen-bond donors (Lipinski definition) is 1. The Bertz CT molecular complexity index is 1070. The van der Waals surface area contributed by atoms with Crippen LogP contribution < -0.4 is 10.2 Å². The Morgan fingerprint density at radius 1 is 0.970 bits per heavy atom. The van der Waals surface area contributed by atoms with Crippen LogP contribution in [0.3, 0.4) is 0 Å². The minimum atomic E-state index is -0.979. The van der Waals surface area contributed by atoms with Gasteiger partial charge in [0.25, 0.3) is 5.91 Å². The third-order valence-corrected chi connectivity index (χ3v) is 5.97. The van der Waals surface area contributed by atoms with Crippen LogP contribution in [0.25, 0.3) is 0 Å². The number of amides is 4. The first kappa shape index (κ1) is 22.6. The van der Waals surface area contributed by atoms with Crippen molar-refractivity contribution >= 4 is 29.2 Å². The van der Waals surface area contributed by atoms with Crippen LogP contribution in [0.1, 0.15) is 38.5 Å². The summed E-state index contributed by atoms with van der Waals surface area (Å²) < 4.78 is 26.5. The largest absolute Gasteiger partial charge is 0.332 e. The van der Waals surface area contributed by atoms with E-state index < -0.39 is 35.5 Å². The maximum atomic E-state index is 13.4. The number of anilines is 2. The van der Waals surface area contributed by atoms with Gasteiger partial charge in [-0.2, -0.15) is 0 Å². The summed E-state index contributed by atoms with van der Waals surface area (Å²) in [5.74, 6) is -1.90. The molecule has 4 rings (SSSR count). The molecule has 1 saturated heterocycles. The van der Waals surface area contributed by atoms with Crippen molar-refractivity contribution in [3.8, 4) is 0 Å². The number of urea groups is 1. The number of imide groups is 1. The Kier molecular flexibility index (Phi) is 6.82. The molecule has 2 aliphatic rings. The van der Waals surface area contributed by atoms with Gasteiger partial charge in [-0.15, -0.1) is 0 Å². The topological polar surface area (TPSA) is 69.7 Å². The lowest BCUT2D eigenvalue weighted by Crippen LogP contribution is -2.38. The minimum absolute atomic E-state index is 0.237. The van der Waals surface area contributed by atoms with E-state index >= 15 is 0 Å². The number of halogens is 2. The van der Waals surface area contributed by atoms with Crippen molar-refractivity contribution in [1.29, 1.82) is 0 Å². The molecule has 0 bridgehead atoms. The van der Waals surface area contributed by atoms with Gasteiger partial charge < -0.3 is 10.2 Å². The number of allylic oxidation sites excluding steroid dienone is 1. The number of hydrogen-bond acceptors (Lipinski definition) is 3. The van der Waals surface area contributed by atoms with Crippen molar-refractivity contribution < 1.29 is 23.2 Å². The molecule has 0 aromatic heterocycles. The maximum absolute atomic E-state index is 13.4. The minimum Gasteiger partial charge on any atom is -0.326 e. The second-order valence-electron chi connectivity index (χ2n) is 8.26. The average Bonchev–Trinajstić information content (AvgIpc) is 3.04. The van der Waals surface area contributed by atoms with Crippen molar-refractivity contribution in [1.82, 2.24) is 4.90 Å². The van der Waals surface area contributed by atoms with Crippen molar-refractivity contribution in [3.05, 3.63) is 71.8 Å². The lowest BCUT2D eigenvalue weighted by atomic mass is 9.97. The van der Waals surface area contributed by atoms with E-state index in [1.807, 2.05) is 0 Å². The van der Waals surface area contributed by atoms with Gasteiger partial charge in [0.15, 0.2) is 0 Å². The molecule has 4 amide bonds. The van der Waals surface area contributed by atoms with Crippen molar-refractivity contribution in [2.24, 2.45) is 0 Å². The van der Waals surface area contributed by atoms with Crippen molar-refractivity contribution in [2.75, 3.05) is 16.8 Å². The molecule has 1 fully saturated rings. The van der Waals surface area contributed by atoms with E-state index in [1.54, 1.807) is 0 Å². The van der Waals surface area contributed by atoms with Gasteiger partial charge in [-0.05, 0) is 80.6 Å². The van der Waals surface area contributed by atoms with Crippen molar-refractivity contribution in [2.45, 2.75) is 44.6 Å². The van der Waals surface area contributed by atoms with Crippen LogP contribution in [-0.4, -0.2) is 35.3 Å². The number of nitrogens with zero attached hydrogens (tertiary/aromatic N) is 2. The van der Waals surface area contributed by atoms with Gasteiger partial charge in [0.1, 0.15) is 17.7 Å². The van der Waals surface area contributed by atoms with E-state index in [0.717, 1.165) is 30.6 Å². The number of rotatable bonds is 7. The van der Waals surface area contributed by atoms with E-state index in [1.165, 1.54) is 59.0 Å². The van der Waals surface area contributed by atoms with E-state index in [2.05, 4.69) is 11.4 Å². The zero-order valence-corrected chi connectivity index (χ0v) is 18.1. The summed E-state index contributed by atoms with van der Waals surface area (Å²) in [5.41, 5.74) is 1.90. The first-order chi connectivity index (χ1) is 15.9. The lowest BCUT2D eigenvalue weighted by Gasteiger charge is -2.23. The fourth-order valence-electron chi connectivity index (χ4n) is 4.23. The van der Waals surface area contributed by atoms with Gasteiger partial charge in [-0.1, -0.05) is 11.6 Å². The van der Waals surface area contributed by atoms with Gasteiger partial charge in [0, 0.05) is 12.2 Å². The highest BCUT2D eigenvalue weighted by atomic mass is 19.1. The molecule has 6 nitrogen and oxygen atoms in total. The molecule has 1 atom stereocenters. The number of carbonyl (C=O) groups is 3. The summed E-state index contributed by atoms with van der Waals surface area (Å²) >= 11 is 0. The normalized spacial score (nSPS) is 18.5. The van der Waals surface area contributed by atoms with E-state index in [0.29, 0.717) is 18.7 Å². The molecule has 0 spiro atoms. The molecule has 2 aromatic rings. The number of benzene rings is 2. The summed E-state index contributed by atoms with van der Waals surface area (Å²) in [6, 6.07) is 8.89. The van der Waals surface area contributed by atoms with Gasteiger partial charge in [-0.3, -0.25) is 9.59 Å². The van der Waals surface area contributed by atoms with E-state index in [9.17, 15) is 23.2 Å². The average molecular weight is 453 g/mol. The number of nitrogens with one attached hydrogen (secondary N) is 1. The molecular formula is C25H25F2N3O3. The van der Waals surface area contributed by atoms with Crippen LogP contribution in [0.15, 0.2) is 60.2 Å². The molecule has 1 heterocycles. The third-order valence-electron chi connectivity index (χ3n) is 5.97. The van der Waals surface area contributed by atoms with Crippen LogP contribution in [-0.2, 0) is 9.59 Å². The first-order valence-corrected chi connectivity index (χ1v) is 11.1. The summed E-state index contributed by atoms with van der Waals surface area (Å²) in [5, 5.41) is 2.64. The SMILES string of the molecule is O=C(C[C@H]1C(=O)N(c2ccc(F)cc2)C(=O)N1CCC1=CCCCC1)Nc1ccc(F)cc1. The summed E-state index contributed by atoms with van der Waals surface area (Å²) in [4.78, 5) is 41.5. The molecule has 8 heteroatoms. The summed E-state index contributed by atoms with van der Waals surface area (Å²) in [6.45, 7) is 0.308. The second kappa shape index (κ2) is 9.94. The summed E-state index contributed by atoms with van der Waals surface area (Å²) in [6.07, 6.45) is 6.80. The van der Waals surface area contributed by atoms with Crippen molar-refractivity contribution in [3.63, 3.8) is 0 Å². The Hall–Kier alpha value is -3.55. The molecule has 1 aliphatic carbocycles. The fraction of sp³-hybridized carbons (Fsp3) is 0.320. The highest BCUT2D eigenvalue weighted by Gasteiger charge is 2.46. The predicted molar refractivity (Wildman–Crippen MR) is 121 cm³/mol. The standard InChI is InChI=1S/C25H25F2N3O3/c26-18-6-10-20(11-7-18)28-23(31)16-22-24(32)30(21-12-8-19(27)9-13-21)25(33)29(22)15-14-17-4-2-1-3-5-17/h4,6-13,22H,1-3,5,14-16H2,(H,28,31)/t22-/m0/s1. The zero-order chi connectivity index (χ0) is 23.4. The molecule has 172 valence electrons. The first-order valence-electron chi connectivity index (χ1n) is 11.1. The highest BCUT2D eigenvalue weighted by molar-refractivity contribution is 6.22. The number of carbonyl (C=O) groups excluding carboxylic acids is 3. The van der Waals surface area contributed by atoms with Crippen LogP contribution in [0.5, 0.6) is 0 Å². The molecular weight excluding hydrogens is 428 g/mol. The quantitative estimate of drug-likeness (QED) is 0.473. The zero-order valence-electron chi connectivity index (χ0n) is 18.1. The van der Waals surface area contributed by atoms with Crippen LogP contribution in [0.2, 0.25) is 0 Å². The fourth-order valence-corrected chi connectivity index (χ4v) is 4.23. The third kappa shape index (κ3) is 5.27. The predicted octanol–water partition coefficient (Wildman–Crippen LogP) is 5.02. The Morgan fingerprint density at radius 2 is 1.64 bits per heavy atom. The maximum Gasteiger partial charge on any atom is 0.332 e. The Labute approximate surface area is 190 Å². The highest BCUT2D eigenvalue weighted by Crippen LogP contribution is 2.29. The molecule has 1 aliphatic heterocycles. The van der Waals surface area contributed by atoms with Gasteiger partial charge in [0.05, 0.1) is 12.1 Å². The molecule has 0 unspecified atom stereocenters. The van der Waals surface area contributed by atoms with Gasteiger partial charge in [-0.25, -0.2) is 18.5 Å². The van der Waals surface area contributed by atoms with Gasteiger partial charge in [0.2, 0.25) is 5.91 Å². The van der Waals surface area contributed by atoms with E-state index in [4.69, 9.17) is 0 Å². The van der Waals surface area contributed by atoms with Crippen LogP contribution in [0.4, 0.5) is 25.0 Å². The van der Waals surface area contributed by atoms with Gasteiger partial charge >= 0.3 is 6.03 Å². The Morgan fingerprint density at radius 3 is 2.27 bits per heavy atom. The molecule has 33 heavy (non-hydrogen) atoms. The molecule has 0 saturated carbocycles. The molecule has 1 N–H and O–H groups in total. The molecule has 2 aromatic carbocycles.